The molecule has 1 aliphatic heterocycles. The number of para-hydroxylation sites is 1. The van der Waals surface area contributed by atoms with Crippen molar-refractivity contribution in [3.8, 4) is 0 Å². The quantitative estimate of drug-likeness (QED) is 0.727. The van der Waals surface area contributed by atoms with Crippen LogP contribution in [0.1, 0.15) is 6.92 Å². The van der Waals surface area contributed by atoms with Gasteiger partial charge in [-0.15, -0.1) is 12.4 Å². The normalized spacial score (nSPS) is 17.5. The van der Waals surface area contributed by atoms with Gasteiger partial charge in [0.2, 0.25) is 9.84 Å². The highest BCUT2D eigenvalue weighted by molar-refractivity contribution is 7.91. The molecule has 7 heteroatoms. The monoisotopic (exact) mass is 403 g/mol. The van der Waals surface area contributed by atoms with E-state index in [-0.39, 0.29) is 22.2 Å². The fourth-order valence-corrected chi connectivity index (χ4v) is 4.70. The summed E-state index contributed by atoms with van der Waals surface area (Å²) >= 11 is 0. The maximum Gasteiger partial charge on any atom is 0.208 e. The summed E-state index contributed by atoms with van der Waals surface area (Å²) in [5, 5.41) is 4.23. The average Bonchev–Trinajstić information content (AvgIpc) is 2.68. The zero-order valence-electron chi connectivity index (χ0n) is 15.0. The van der Waals surface area contributed by atoms with Crippen molar-refractivity contribution in [1.29, 1.82) is 0 Å². The number of pyridine rings is 1. The maximum absolute atomic E-state index is 12.9. The van der Waals surface area contributed by atoms with Crippen LogP contribution >= 0.6 is 12.4 Å². The van der Waals surface area contributed by atoms with E-state index in [2.05, 4.69) is 28.2 Å². The first-order chi connectivity index (χ1) is 12.6. The van der Waals surface area contributed by atoms with Crippen LogP contribution in [0.5, 0.6) is 0 Å². The summed E-state index contributed by atoms with van der Waals surface area (Å²) in [7, 11) is -3.57. The van der Waals surface area contributed by atoms with E-state index in [0.717, 1.165) is 36.2 Å². The van der Waals surface area contributed by atoms with Crippen LogP contribution < -0.4 is 10.2 Å². The van der Waals surface area contributed by atoms with Gasteiger partial charge in [-0.1, -0.05) is 30.3 Å². The minimum atomic E-state index is -3.57. The molecule has 1 fully saturated rings. The molecule has 1 aliphatic rings. The molecule has 1 atom stereocenters. The van der Waals surface area contributed by atoms with Gasteiger partial charge in [0.05, 0.1) is 21.0 Å². The average molecular weight is 404 g/mol. The molecule has 0 amide bonds. The highest BCUT2D eigenvalue weighted by Crippen LogP contribution is 2.30. The second-order valence-electron chi connectivity index (χ2n) is 6.58. The molecule has 2 heterocycles. The van der Waals surface area contributed by atoms with Gasteiger partial charge >= 0.3 is 0 Å². The Hall–Kier alpha value is -2.15. The van der Waals surface area contributed by atoms with E-state index in [1.54, 1.807) is 36.4 Å². The molecule has 27 heavy (non-hydrogen) atoms. The van der Waals surface area contributed by atoms with Crippen LogP contribution in [0.2, 0.25) is 0 Å². The molecule has 3 aromatic rings. The molecule has 1 saturated heterocycles. The van der Waals surface area contributed by atoms with E-state index in [1.165, 1.54) is 6.20 Å². The third-order valence-corrected chi connectivity index (χ3v) is 6.58. The molecular formula is C20H22ClN3O2S. The Balaban J connectivity index is 0.00000210. The SMILES string of the molecule is C[C@@H]1CNCCN1c1cccc2cc(S(=O)(=O)c3ccccc3)cnc12.Cl. The summed E-state index contributed by atoms with van der Waals surface area (Å²) in [6.45, 7) is 4.95. The number of benzene rings is 2. The van der Waals surface area contributed by atoms with Crippen molar-refractivity contribution < 1.29 is 8.42 Å². The Bertz CT molecular complexity index is 1040. The highest BCUT2D eigenvalue weighted by Gasteiger charge is 2.22. The van der Waals surface area contributed by atoms with Gasteiger partial charge in [0, 0.05) is 37.3 Å². The molecule has 2 aromatic carbocycles. The molecule has 5 nitrogen and oxygen atoms in total. The highest BCUT2D eigenvalue weighted by atomic mass is 35.5. The van der Waals surface area contributed by atoms with E-state index in [9.17, 15) is 8.42 Å². The summed E-state index contributed by atoms with van der Waals surface area (Å²) in [5.41, 5.74) is 1.90. The summed E-state index contributed by atoms with van der Waals surface area (Å²) in [4.78, 5) is 7.38. The molecule has 1 aromatic heterocycles. The zero-order chi connectivity index (χ0) is 18.1. The number of rotatable bonds is 3. The van der Waals surface area contributed by atoms with E-state index >= 15 is 0 Å². The van der Waals surface area contributed by atoms with Crippen molar-refractivity contribution in [2.45, 2.75) is 22.8 Å². The van der Waals surface area contributed by atoms with Crippen LogP contribution in [0, 0.1) is 0 Å². The van der Waals surface area contributed by atoms with Crippen LogP contribution in [-0.4, -0.2) is 39.1 Å². The Labute approximate surface area is 165 Å². The predicted molar refractivity (Wildman–Crippen MR) is 111 cm³/mol. The van der Waals surface area contributed by atoms with Gasteiger partial charge in [-0.3, -0.25) is 4.98 Å². The van der Waals surface area contributed by atoms with Crippen LogP contribution in [0.3, 0.4) is 0 Å². The lowest BCUT2D eigenvalue weighted by molar-refractivity contribution is 0.501. The smallest absolute Gasteiger partial charge is 0.208 e. The van der Waals surface area contributed by atoms with Crippen LogP contribution in [0.15, 0.2) is 70.6 Å². The number of fused-ring (bicyclic) bond motifs is 1. The van der Waals surface area contributed by atoms with E-state index in [1.807, 2.05) is 12.1 Å². The topological polar surface area (TPSA) is 62.3 Å². The summed E-state index contributed by atoms with van der Waals surface area (Å²) in [5.74, 6) is 0. The van der Waals surface area contributed by atoms with E-state index < -0.39 is 9.84 Å². The van der Waals surface area contributed by atoms with Gasteiger partial charge in [-0.2, -0.15) is 0 Å². The number of piperazine rings is 1. The Morgan fingerprint density at radius 1 is 1.07 bits per heavy atom. The van der Waals surface area contributed by atoms with Crippen molar-refractivity contribution in [1.82, 2.24) is 10.3 Å². The number of sulfone groups is 1. The van der Waals surface area contributed by atoms with Crippen molar-refractivity contribution in [2.75, 3.05) is 24.5 Å². The first-order valence-corrected chi connectivity index (χ1v) is 10.2. The molecule has 0 radical (unpaired) electrons. The van der Waals surface area contributed by atoms with Gasteiger partial charge in [0.1, 0.15) is 0 Å². The van der Waals surface area contributed by atoms with E-state index in [0.29, 0.717) is 6.04 Å². The first kappa shape index (κ1) is 19.6. The first-order valence-electron chi connectivity index (χ1n) is 8.73. The molecule has 0 saturated carbocycles. The second-order valence-corrected chi connectivity index (χ2v) is 8.53. The lowest BCUT2D eigenvalue weighted by atomic mass is 10.1. The predicted octanol–water partition coefficient (Wildman–Crippen LogP) is 3.29. The fraction of sp³-hybridized carbons (Fsp3) is 0.250. The van der Waals surface area contributed by atoms with Crippen LogP contribution in [-0.2, 0) is 9.84 Å². The zero-order valence-corrected chi connectivity index (χ0v) is 16.6. The second kappa shape index (κ2) is 7.84. The summed E-state index contributed by atoms with van der Waals surface area (Å²) in [6, 6.07) is 16.5. The molecule has 1 N–H and O–H groups in total. The van der Waals surface area contributed by atoms with Gasteiger partial charge in [0.25, 0.3) is 0 Å². The Morgan fingerprint density at radius 3 is 2.59 bits per heavy atom. The minimum absolute atomic E-state index is 0. The maximum atomic E-state index is 12.9. The number of nitrogens with one attached hydrogen (secondary N) is 1. The number of hydrogen-bond acceptors (Lipinski definition) is 5. The molecule has 142 valence electrons. The molecule has 0 unspecified atom stereocenters. The lowest BCUT2D eigenvalue weighted by Crippen LogP contribution is -2.50. The largest absolute Gasteiger partial charge is 0.365 e. The summed E-state index contributed by atoms with van der Waals surface area (Å²) < 4.78 is 25.7. The number of anilines is 1. The molecular weight excluding hydrogens is 382 g/mol. The third-order valence-electron chi connectivity index (χ3n) is 4.84. The van der Waals surface area contributed by atoms with Gasteiger partial charge in [-0.25, -0.2) is 8.42 Å². The molecule has 0 spiro atoms. The number of nitrogens with zero attached hydrogens (tertiary/aromatic N) is 2. The Morgan fingerprint density at radius 2 is 1.85 bits per heavy atom. The molecule has 0 bridgehead atoms. The Kier molecular flexibility index (Phi) is 5.69. The van der Waals surface area contributed by atoms with E-state index in [4.69, 9.17) is 0 Å². The minimum Gasteiger partial charge on any atom is -0.365 e. The van der Waals surface area contributed by atoms with Crippen molar-refractivity contribution >= 4 is 38.8 Å². The number of halogens is 1. The van der Waals surface area contributed by atoms with Crippen molar-refractivity contribution in [3.05, 3.63) is 60.8 Å². The lowest BCUT2D eigenvalue weighted by Gasteiger charge is -2.36. The van der Waals surface area contributed by atoms with Crippen molar-refractivity contribution in [3.63, 3.8) is 0 Å². The fourth-order valence-electron chi connectivity index (χ4n) is 3.44. The number of hydrogen-bond donors (Lipinski definition) is 1. The standard InChI is InChI=1S/C20H21N3O2S.ClH/c1-15-13-21-10-11-23(15)19-9-5-6-16-12-18(14-22-20(16)19)26(24,25)17-7-3-2-4-8-17;/h2-9,12,14-15,21H,10-11,13H2,1H3;1H/t15-;/m1./s1. The van der Waals surface area contributed by atoms with Gasteiger partial charge in [-0.05, 0) is 31.2 Å². The van der Waals surface area contributed by atoms with Gasteiger partial charge < -0.3 is 10.2 Å². The molecule has 4 rings (SSSR count). The third kappa shape index (κ3) is 3.65. The van der Waals surface area contributed by atoms with Gasteiger partial charge in [0.15, 0.2) is 0 Å². The number of aromatic nitrogens is 1. The molecule has 0 aliphatic carbocycles. The van der Waals surface area contributed by atoms with Crippen molar-refractivity contribution in [2.24, 2.45) is 0 Å². The van der Waals surface area contributed by atoms with Crippen LogP contribution in [0.4, 0.5) is 5.69 Å². The van der Waals surface area contributed by atoms with Crippen LogP contribution in [0.25, 0.3) is 10.9 Å². The summed E-state index contributed by atoms with van der Waals surface area (Å²) in [6.07, 6.45) is 1.47.